The summed E-state index contributed by atoms with van der Waals surface area (Å²) in [6.45, 7) is 20.7. The fraction of sp³-hybridized carbons (Fsp3) is 0.879. The number of ether oxygens (including phenoxy) is 1. The largest absolute Gasteiger partial charge is 0.460 e. The molecule has 5 aliphatic rings. The number of allylic oxidation sites excluding steroid dienone is 2. The van der Waals surface area contributed by atoms with Crippen LogP contribution in [0, 0.1) is 51.2 Å². The maximum atomic E-state index is 12.5. The third-order valence-electron chi connectivity index (χ3n) is 13.8. The van der Waals surface area contributed by atoms with E-state index in [-0.39, 0.29) is 34.2 Å². The Kier molecular flexibility index (Phi) is 6.33. The van der Waals surface area contributed by atoms with Crippen molar-refractivity contribution in [3.05, 3.63) is 11.6 Å². The van der Waals surface area contributed by atoms with Gasteiger partial charge in [0.15, 0.2) is 0 Å². The number of fused-ring (bicyclic) bond motifs is 7. The first-order valence-corrected chi connectivity index (χ1v) is 15.3. The lowest BCUT2D eigenvalue weighted by molar-refractivity contribution is -0.201. The summed E-state index contributed by atoms with van der Waals surface area (Å²) in [6.07, 6.45) is 13.2. The van der Waals surface area contributed by atoms with Crippen molar-refractivity contribution in [2.24, 2.45) is 51.2 Å². The molecule has 0 aromatic carbocycles. The number of hydrogen-bond acceptors (Lipinski definition) is 3. The zero-order valence-electron chi connectivity index (χ0n) is 25.1. The normalized spacial score (nSPS) is 52.9. The molecule has 4 heteroatoms. The molecule has 0 spiro atoms. The molecule has 0 aromatic heterocycles. The third-order valence-corrected chi connectivity index (χ3v) is 13.8. The highest BCUT2D eigenvalue weighted by Crippen LogP contribution is 2.75. The fourth-order valence-corrected chi connectivity index (χ4v) is 11.5. The summed E-state index contributed by atoms with van der Waals surface area (Å²) in [5.74, 6) is 2.85. The second-order valence-corrected chi connectivity index (χ2v) is 15.4. The molecule has 4 nitrogen and oxygen atoms in total. The van der Waals surface area contributed by atoms with E-state index in [9.17, 15) is 9.59 Å². The summed E-state index contributed by atoms with van der Waals surface area (Å²) >= 11 is 0. The first-order chi connectivity index (χ1) is 17.1. The predicted molar refractivity (Wildman–Crippen MR) is 149 cm³/mol. The number of hydrogen-bond donors (Lipinski definition) is 1. The van der Waals surface area contributed by atoms with Crippen molar-refractivity contribution in [1.82, 2.24) is 5.32 Å². The number of nitrogens with one attached hydrogen (secondary N) is 1. The summed E-state index contributed by atoms with van der Waals surface area (Å²) in [4.78, 5) is 24.5. The summed E-state index contributed by atoms with van der Waals surface area (Å²) < 4.78 is 5.90. The van der Waals surface area contributed by atoms with Gasteiger partial charge in [-0.25, -0.2) is 0 Å². The van der Waals surface area contributed by atoms with Gasteiger partial charge in [-0.3, -0.25) is 9.59 Å². The first kappa shape index (κ1) is 27.3. The monoisotopic (exact) mass is 511 g/mol. The maximum absolute atomic E-state index is 12.5. The summed E-state index contributed by atoms with van der Waals surface area (Å²) in [7, 11) is 0. The molecule has 37 heavy (non-hydrogen) atoms. The molecule has 0 aromatic rings. The van der Waals surface area contributed by atoms with Gasteiger partial charge in [0.25, 0.3) is 0 Å². The molecule has 0 aliphatic heterocycles. The van der Waals surface area contributed by atoms with Crippen molar-refractivity contribution < 1.29 is 14.3 Å². The second-order valence-electron chi connectivity index (χ2n) is 15.4. The van der Waals surface area contributed by atoms with Gasteiger partial charge in [0.2, 0.25) is 5.91 Å². The number of rotatable bonds is 2. The minimum absolute atomic E-state index is 0.0259. The number of carbonyl (C=O) groups is 2. The smallest absolute Gasteiger partial charge is 0.302 e. The Bertz CT molecular complexity index is 1000. The molecular weight excluding hydrogens is 458 g/mol. The van der Waals surface area contributed by atoms with Gasteiger partial charge in [-0.1, -0.05) is 53.2 Å². The maximum Gasteiger partial charge on any atom is 0.302 e. The van der Waals surface area contributed by atoms with Crippen LogP contribution in [0.1, 0.15) is 120 Å². The molecule has 5 aliphatic carbocycles. The molecular formula is C33H53NO3. The van der Waals surface area contributed by atoms with E-state index in [0.717, 1.165) is 37.5 Å². The minimum atomic E-state index is -0.533. The van der Waals surface area contributed by atoms with Crippen LogP contribution < -0.4 is 5.32 Å². The van der Waals surface area contributed by atoms with Crippen molar-refractivity contribution in [3.63, 3.8) is 0 Å². The molecule has 4 saturated carbocycles. The van der Waals surface area contributed by atoms with Crippen molar-refractivity contribution in [3.8, 4) is 0 Å². The van der Waals surface area contributed by atoms with E-state index in [4.69, 9.17) is 4.74 Å². The van der Waals surface area contributed by atoms with E-state index >= 15 is 0 Å². The van der Waals surface area contributed by atoms with Gasteiger partial charge in [-0.2, -0.15) is 0 Å². The average Bonchev–Trinajstić information content (AvgIpc) is 2.79. The van der Waals surface area contributed by atoms with Gasteiger partial charge in [0, 0.05) is 13.8 Å². The third kappa shape index (κ3) is 3.65. The van der Waals surface area contributed by atoms with E-state index in [2.05, 4.69) is 59.9 Å². The summed E-state index contributed by atoms with van der Waals surface area (Å²) in [6, 6.07) is 0. The lowest BCUT2D eigenvalue weighted by Gasteiger charge is -2.71. The second kappa shape index (κ2) is 8.59. The van der Waals surface area contributed by atoms with Crippen LogP contribution in [-0.4, -0.2) is 23.5 Å². The van der Waals surface area contributed by atoms with E-state index in [0.29, 0.717) is 23.2 Å². The van der Waals surface area contributed by atoms with Crippen LogP contribution in [0.4, 0.5) is 0 Å². The highest BCUT2D eigenvalue weighted by Gasteiger charge is 2.69. The van der Waals surface area contributed by atoms with E-state index in [1.807, 2.05) is 0 Å². The number of carbonyl (C=O) groups excluding carboxylic acids is 2. The van der Waals surface area contributed by atoms with Crippen molar-refractivity contribution in [2.45, 2.75) is 132 Å². The fourth-order valence-electron chi connectivity index (χ4n) is 11.5. The molecule has 5 rings (SSSR count). The Morgan fingerprint density at radius 1 is 0.892 bits per heavy atom. The zero-order valence-corrected chi connectivity index (χ0v) is 25.1. The quantitative estimate of drug-likeness (QED) is 0.309. The standard InChI is InChI=1S/C33H53NO3/c1-20-12-15-29(5)18-19-31(7)24(28(29)21(20)2)10-11-25-30(6)16-14-27(37-23(4)36)33(9,34-22(3)35)26(30)13-17-32(25,31)8/h10,20-21,25-28H,11-19H2,1-9H3,(H,34,35)/t20-,21+,25-,26-,27-,28+,29-,30-,31-,32-,33-/m1/s1. The topological polar surface area (TPSA) is 55.4 Å². The Hall–Kier alpha value is -1.32. The number of amides is 1. The molecule has 1 amide bonds. The zero-order chi connectivity index (χ0) is 27.2. The van der Waals surface area contributed by atoms with Gasteiger partial charge < -0.3 is 10.1 Å². The van der Waals surface area contributed by atoms with Crippen molar-refractivity contribution >= 4 is 11.9 Å². The summed E-state index contributed by atoms with van der Waals surface area (Å²) in [5.41, 5.74) is 2.30. The Morgan fingerprint density at radius 3 is 2.24 bits per heavy atom. The molecule has 0 saturated heterocycles. The van der Waals surface area contributed by atoms with Crippen molar-refractivity contribution in [2.75, 3.05) is 0 Å². The van der Waals surface area contributed by atoms with Gasteiger partial charge >= 0.3 is 5.97 Å². The Morgan fingerprint density at radius 2 is 1.59 bits per heavy atom. The highest BCUT2D eigenvalue weighted by molar-refractivity contribution is 5.74. The van der Waals surface area contributed by atoms with Crippen LogP contribution in [0.15, 0.2) is 11.6 Å². The van der Waals surface area contributed by atoms with Crippen LogP contribution >= 0.6 is 0 Å². The van der Waals surface area contributed by atoms with Crippen LogP contribution in [0.5, 0.6) is 0 Å². The summed E-state index contributed by atoms with van der Waals surface area (Å²) in [5, 5.41) is 3.33. The molecule has 0 radical (unpaired) electrons. The number of esters is 1. The average molecular weight is 512 g/mol. The van der Waals surface area contributed by atoms with Gasteiger partial charge in [-0.15, -0.1) is 0 Å². The van der Waals surface area contributed by atoms with Crippen molar-refractivity contribution in [1.29, 1.82) is 0 Å². The Labute approximate surface area is 226 Å². The van der Waals surface area contributed by atoms with Gasteiger partial charge in [0.05, 0.1) is 5.54 Å². The molecule has 11 atom stereocenters. The van der Waals surface area contributed by atoms with Crippen LogP contribution in [0.25, 0.3) is 0 Å². The lowest BCUT2D eigenvalue weighted by atomic mass is 9.34. The molecule has 0 heterocycles. The van der Waals surface area contributed by atoms with Gasteiger partial charge in [-0.05, 0) is 116 Å². The molecule has 1 N–H and O–H groups in total. The minimum Gasteiger partial charge on any atom is -0.460 e. The molecule has 4 fully saturated rings. The van der Waals surface area contributed by atoms with Crippen LogP contribution in [0.3, 0.4) is 0 Å². The van der Waals surface area contributed by atoms with Crippen LogP contribution in [-0.2, 0) is 14.3 Å². The van der Waals surface area contributed by atoms with E-state index in [1.54, 1.807) is 12.5 Å². The van der Waals surface area contributed by atoms with E-state index < -0.39 is 5.54 Å². The van der Waals surface area contributed by atoms with E-state index in [1.165, 1.54) is 39.0 Å². The lowest BCUT2D eigenvalue weighted by Crippen LogP contribution is -2.71. The van der Waals surface area contributed by atoms with Gasteiger partial charge in [0.1, 0.15) is 6.10 Å². The highest BCUT2D eigenvalue weighted by atomic mass is 16.5. The predicted octanol–water partition coefficient (Wildman–Crippen LogP) is 7.46. The molecule has 0 bridgehead atoms. The van der Waals surface area contributed by atoms with Crippen LogP contribution in [0.2, 0.25) is 0 Å². The molecule has 208 valence electrons. The first-order valence-electron chi connectivity index (χ1n) is 15.3. The Balaban J connectivity index is 1.56. The molecule has 0 unspecified atom stereocenters. The SMILES string of the molecule is CC(=O)N[C@]1(C)[C@@H]2CC[C@]3(C)[C@H](CC=C4[C@@H]5[C@@H](C)[C@H](C)CC[C@]5(C)CC[C@]43C)[C@@]2(C)CC[C@H]1OC(C)=O.